The predicted octanol–water partition coefficient (Wildman–Crippen LogP) is 5.22. The quantitative estimate of drug-likeness (QED) is 0.566. The second-order valence-corrected chi connectivity index (χ2v) is 10.9. The van der Waals surface area contributed by atoms with Crippen molar-refractivity contribution in [1.82, 2.24) is 4.90 Å². The number of halogens is 1. The zero-order valence-corrected chi connectivity index (χ0v) is 19.3. The summed E-state index contributed by atoms with van der Waals surface area (Å²) in [7, 11) is 1.32. The monoisotopic (exact) mass is 443 g/mol. The summed E-state index contributed by atoms with van der Waals surface area (Å²) in [6, 6.07) is 2.45. The Labute approximate surface area is 189 Å². The number of esters is 1. The van der Waals surface area contributed by atoms with Crippen LogP contribution in [0, 0.1) is 16.6 Å². The molecule has 0 aromatic heterocycles. The van der Waals surface area contributed by atoms with E-state index in [2.05, 4.69) is 6.92 Å². The molecule has 5 rings (SSSR count). The van der Waals surface area contributed by atoms with Gasteiger partial charge < -0.3 is 14.4 Å². The van der Waals surface area contributed by atoms with Gasteiger partial charge in [-0.25, -0.2) is 9.18 Å². The fourth-order valence-corrected chi connectivity index (χ4v) is 5.58. The van der Waals surface area contributed by atoms with Gasteiger partial charge in [-0.15, -0.1) is 0 Å². The van der Waals surface area contributed by atoms with Crippen molar-refractivity contribution in [3.05, 3.63) is 29.1 Å². The summed E-state index contributed by atoms with van der Waals surface area (Å²) in [5, 5.41) is 0. The van der Waals surface area contributed by atoms with Crippen molar-refractivity contribution in [2.24, 2.45) is 10.8 Å². The lowest BCUT2D eigenvalue weighted by Gasteiger charge is -2.37. The molecule has 0 unspecified atom stereocenters. The molecule has 0 bridgehead atoms. The number of rotatable bonds is 6. The van der Waals surface area contributed by atoms with Crippen molar-refractivity contribution in [2.75, 3.05) is 20.3 Å². The Hall–Kier alpha value is -2.11. The molecule has 1 atom stereocenters. The van der Waals surface area contributed by atoms with Gasteiger partial charge in [-0.3, -0.25) is 4.79 Å². The number of hydrogen-bond acceptors (Lipinski definition) is 4. The third-order valence-corrected chi connectivity index (χ3v) is 8.38. The maximum absolute atomic E-state index is 15.2. The number of nitrogens with zero attached hydrogens (tertiary/aromatic N) is 1. The molecule has 3 aliphatic carbocycles. The molecule has 1 aromatic carbocycles. The molecule has 1 aliphatic heterocycles. The smallest absolute Gasteiger partial charge is 0.328 e. The van der Waals surface area contributed by atoms with Crippen LogP contribution in [0.15, 0.2) is 12.1 Å². The van der Waals surface area contributed by atoms with E-state index in [0.717, 1.165) is 31.2 Å². The lowest BCUT2D eigenvalue weighted by atomic mass is 9.71. The lowest BCUT2D eigenvalue weighted by molar-refractivity contribution is -0.145. The molecule has 0 N–H and O–H groups in total. The molecule has 4 fully saturated rings. The van der Waals surface area contributed by atoms with Crippen molar-refractivity contribution in [3.8, 4) is 5.75 Å². The highest BCUT2D eigenvalue weighted by Gasteiger charge is 2.48. The second kappa shape index (κ2) is 8.03. The molecule has 1 spiro atoms. The van der Waals surface area contributed by atoms with E-state index in [0.29, 0.717) is 43.1 Å². The molecule has 32 heavy (non-hydrogen) atoms. The number of benzene rings is 1. The number of carbonyl (C=O) groups excluding carboxylic acids is 2. The highest BCUT2D eigenvalue weighted by atomic mass is 19.1. The average Bonchev–Trinajstić information content (AvgIpc) is 3.72. The van der Waals surface area contributed by atoms with Crippen LogP contribution in [0.5, 0.6) is 5.75 Å². The van der Waals surface area contributed by atoms with Crippen LogP contribution in [0.3, 0.4) is 0 Å². The first kappa shape index (κ1) is 21.7. The minimum absolute atomic E-state index is 0.0367. The Balaban J connectivity index is 1.33. The van der Waals surface area contributed by atoms with Crippen molar-refractivity contribution in [3.63, 3.8) is 0 Å². The molecule has 1 aromatic rings. The largest absolute Gasteiger partial charge is 0.493 e. The Morgan fingerprint density at radius 1 is 1.09 bits per heavy atom. The van der Waals surface area contributed by atoms with E-state index in [-0.39, 0.29) is 11.0 Å². The number of likely N-dealkylation sites (tertiary alicyclic amines) is 1. The van der Waals surface area contributed by atoms with E-state index >= 15 is 4.39 Å². The highest BCUT2D eigenvalue weighted by molar-refractivity contribution is 5.97. The van der Waals surface area contributed by atoms with Crippen LogP contribution in [-0.2, 0) is 9.53 Å². The Morgan fingerprint density at radius 2 is 1.78 bits per heavy atom. The zero-order chi connectivity index (χ0) is 22.5. The van der Waals surface area contributed by atoms with Gasteiger partial charge in [0.05, 0.1) is 19.3 Å². The van der Waals surface area contributed by atoms with Gasteiger partial charge in [0.15, 0.2) is 0 Å². The summed E-state index contributed by atoms with van der Waals surface area (Å²) in [5.41, 5.74) is 1.73. The lowest BCUT2D eigenvalue weighted by Crippen LogP contribution is -2.41. The minimum atomic E-state index is -0.631. The van der Waals surface area contributed by atoms with Crippen LogP contribution in [0.25, 0.3) is 0 Å². The topological polar surface area (TPSA) is 55.8 Å². The summed E-state index contributed by atoms with van der Waals surface area (Å²) in [6.07, 6.45) is 11.0. The maximum atomic E-state index is 15.2. The van der Waals surface area contributed by atoms with Gasteiger partial charge in [0, 0.05) is 18.0 Å². The second-order valence-electron chi connectivity index (χ2n) is 10.9. The standard InChI is InChI=1S/C26H34FNO4/c1-25(7-9-26(10-8-25)11-12-26)16-32-22-15-20(27)19(14-18(22)17-5-6-17)23(29)28-13-3-4-21(28)24(30)31-2/h14-15,17,21H,3-13,16H2,1-2H3/t21-/m0/s1. The van der Waals surface area contributed by atoms with Gasteiger partial charge in [-0.05, 0) is 87.2 Å². The molecule has 5 nitrogen and oxygen atoms in total. The summed E-state index contributed by atoms with van der Waals surface area (Å²) >= 11 is 0. The number of amides is 1. The first-order chi connectivity index (χ1) is 15.3. The molecule has 6 heteroatoms. The van der Waals surface area contributed by atoms with Crippen molar-refractivity contribution in [1.29, 1.82) is 0 Å². The molecule has 1 saturated heterocycles. The van der Waals surface area contributed by atoms with E-state index in [9.17, 15) is 9.59 Å². The average molecular weight is 444 g/mol. The van der Waals surface area contributed by atoms with E-state index in [1.807, 2.05) is 0 Å². The van der Waals surface area contributed by atoms with Crippen LogP contribution >= 0.6 is 0 Å². The summed E-state index contributed by atoms with van der Waals surface area (Å²) < 4.78 is 26.2. The van der Waals surface area contributed by atoms with Crippen LogP contribution in [0.2, 0.25) is 0 Å². The van der Waals surface area contributed by atoms with Crippen LogP contribution in [0.1, 0.15) is 93.0 Å². The Morgan fingerprint density at radius 3 is 2.41 bits per heavy atom. The fraction of sp³-hybridized carbons (Fsp3) is 0.692. The zero-order valence-electron chi connectivity index (χ0n) is 19.3. The minimum Gasteiger partial charge on any atom is -0.493 e. The van der Waals surface area contributed by atoms with Gasteiger partial charge >= 0.3 is 5.97 Å². The molecule has 4 aliphatic rings. The number of hydrogen-bond donors (Lipinski definition) is 0. The SMILES string of the molecule is COC(=O)[C@@H]1CCCN1C(=O)c1cc(C2CC2)c(OCC2(C)CCC3(CC2)CC3)cc1F. The first-order valence-corrected chi connectivity index (χ1v) is 12.2. The third kappa shape index (κ3) is 4.13. The van der Waals surface area contributed by atoms with Crippen LogP contribution in [0.4, 0.5) is 4.39 Å². The summed E-state index contributed by atoms with van der Waals surface area (Å²) in [5.74, 6) is -0.540. The third-order valence-electron chi connectivity index (χ3n) is 8.38. The predicted molar refractivity (Wildman–Crippen MR) is 118 cm³/mol. The Bertz CT molecular complexity index is 911. The first-order valence-electron chi connectivity index (χ1n) is 12.2. The fourth-order valence-electron chi connectivity index (χ4n) is 5.58. The summed E-state index contributed by atoms with van der Waals surface area (Å²) in [6.45, 7) is 3.31. The molecule has 1 heterocycles. The molecular formula is C26H34FNO4. The van der Waals surface area contributed by atoms with E-state index in [1.165, 1.54) is 43.8 Å². The molecular weight excluding hydrogens is 409 g/mol. The van der Waals surface area contributed by atoms with Gasteiger partial charge in [0.2, 0.25) is 0 Å². The van der Waals surface area contributed by atoms with E-state index in [1.54, 1.807) is 6.07 Å². The molecule has 1 amide bonds. The number of ether oxygens (including phenoxy) is 2. The number of carbonyl (C=O) groups is 2. The van der Waals surface area contributed by atoms with Gasteiger partial charge in [-0.1, -0.05) is 6.92 Å². The maximum Gasteiger partial charge on any atom is 0.328 e. The van der Waals surface area contributed by atoms with E-state index < -0.39 is 23.7 Å². The normalized spacial score (nSPS) is 25.6. The summed E-state index contributed by atoms with van der Waals surface area (Å²) in [4.78, 5) is 26.7. The van der Waals surface area contributed by atoms with Crippen LogP contribution in [-0.4, -0.2) is 43.1 Å². The van der Waals surface area contributed by atoms with Crippen molar-refractivity contribution in [2.45, 2.75) is 83.1 Å². The Kier molecular flexibility index (Phi) is 5.45. The van der Waals surface area contributed by atoms with Crippen molar-refractivity contribution >= 4 is 11.9 Å². The van der Waals surface area contributed by atoms with Gasteiger partial charge in [-0.2, -0.15) is 0 Å². The molecule has 0 radical (unpaired) electrons. The van der Waals surface area contributed by atoms with Crippen molar-refractivity contribution < 1.29 is 23.5 Å². The van der Waals surface area contributed by atoms with Crippen LogP contribution < -0.4 is 4.74 Å². The molecule has 3 saturated carbocycles. The van der Waals surface area contributed by atoms with Gasteiger partial charge in [0.25, 0.3) is 5.91 Å². The highest BCUT2D eigenvalue weighted by Crippen LogP contribution is 2.59. The van der Waals surface area contributed by atoms with Gasteiger partial charge in [0.1, 0.15) is 17.6 Å². The molecule has 174 valence electrons. The number of methoxy groups -OCH3 is 1. The van der Waals surface area contributed by atoms with E-state index in [4.69, 9.17) is 9.47 Å².